The number of unbranched alkanes of at least 4 members (excludes halogenated alkanes) is 3. The second-order valence-electron chi connectivity index (χ2n) is 3.42. The zero-order valence-corrected chi connectivity index (χ0v) is 12.2. The van der Waals surface area contributed by atoms with E-state index in [4.69, 9.17) is 4.74 Å². The molecule has 3 nitrogen and oxygen atoms in total. The molecule has 94 valence electrons. The van der Waals surface area contributed by atoms with Crippen molar-refractivity contribution in [3.05, 3.63) is 9.89 Å². The van der Waals surface area contributed by atoms with Gasteiger partial charge in [-0.2, -0.15) is 0 Å². The van der Waals surface area contributed by atoms with Gasteiger partial charge in [0.1, 0.15) is 6.61 Å². The Morgan fingerprint density at radius 1 is 1.38 bits per heavy atom. The largest absolute Gasteiger partial charge is 0.462 e. The molecular weight excluding hydrogens is 292 g/mol. The van der Waals surface area contributed by atoms with Crippen LogP contribution in [0.25, 0.3) is 0 Å². The summed E-state index contributed by atoms with van der Waals surface area (Å²) < 4.78 is 17.0. The smallest absolute Gasteiger partial charge is 0.302 e. The van der Waals surface area contributed by atoms with Crippen LogP contribution in [-0.2, 0) is 20.3 Å². The Kier molecular flexibility index (Phi) is 9.92. The average molecular weight is 311 g/mol. The normalized spacial score (nSPS) is 13.6. The molecule has 0 saturated heterocycles. The van der Waals surface area contributed by atoms with E-state index in [0.29, 0.717) is 9.57 Å². The molecule has 0 bridgehead atoms. The molecule has 0 aromatic heterocycles. The van der Waals surface area contributed by atoms with Crippen molar-refractivity contribution in [2.24, 2.45) is 0 Å². The first-order chi connectivity index (χ1) is 7.57. The first-order valence-corrected chi connectivity index (χ1v) is 7.56. The van der Waals surface area contributed by atoms with Crippen molar-refractivity contribution in [3.8, 4) is 0 Å². The summed E-state index contributed by atoms with van der Waals surface area (Å²) >= 11 is 3.23. The van der Waals surface area contributed by atoms with Gasteiger partial charge in [-0.1, -0.05) is 26.2 Å². The lowest BCUT2D eigenvalue weighted by Crippen LogP contribution is -2.01. The predicted octanol–water partition coefficient (Wildman–Crippen LogP) is 3.11. The first-order valence-electron chi connectivity index (χ1n) is 5.45. The van der Waals surface area contributed by atoms with Crippen molar-refractivity contribution < 1.29 is 13.7 Å². The number of carbonyl (C=O) groups excluding carboxylic acids is 1. The van der Waals surface area contributed by atoms with Gasteiger partial charge in [-0.3, -0.25) is 9.00 Å². The Hall–Kier alpha value is -0.160. The Balaban J connectivity index is 3.75. The maximum absolute atomic E-state index is 11.6. The van der Waals surface area contributed by atoms with Crippen molar-refractivity contribution in [2.45, 2.75) is 39.5 Å². The molecule has 0 aliphatic rings. The van der Waals surface area contributed by atoms with Crippen molar-refractivity contribution in [3.63, 3.8) is 0 Å². The van der Waals surface area contributed by atoms with E-state index in [0.717, 1.165) is 12.8 Å². The van der Waals surface area contributed by atoms with Crippen LogP contribution >= 0.6 is 15.9 Å². The van der Waals surface area contributed by atoms with Crippen LogP contribution in [0.15, 0.2) is 9.89 Å². The predicted molar refractivity (Wildman–Crippen MR) is 70.8 cm³/mol. The highest BCUT2D eigenvalue weighted by molar-refractivity contribution is 9.13. The highest BCUT2D eigenvalue weighted by Gasteiger charge is 2.03. The average Bonchev–Trinajstić information content (AvgIpc) is 2.23. The standard InChI is InChI=1S/C11H19BrO3S/c1-3-4-5-6-9-16(14)11(12)7-8-15-10(2)13/h7H,3-6,8-9H2,1-2H3. The molecule has 0 aliphatic carbocycles. The monoisotopic (exact) mass is 310 g/mol. The van der Waals surface area contributed by atoms with Crippen LogP contribution in [0.4, 0.5) is 0 Å². The number of halogens is 1. The van der Waals surface area contributed by atoms with Crippen LogP contribution in [0.3, 0.4) is 0 Å². The van der Waals surface area contributed by atoms with Crippen molar-refractivity contribution in [2.75, 3.05) is 12.4 Å². The summed E-state index contributed by atoms with van der Waals surface area (Å²) in [6.07, 6.45) is 6.09. The maximum atomic E-state index is 11.6. The minimum atomic E-state index is -0.996. The summed E-state index contributed by atoms with van der Waals surface area (Å²) in [5, 5.41) is 0. The van der Waals surface area contributed by atoms with Crippen LogP contribution in [0.5, 0.6) is 0 Å². The van der Waals surface area contributed by atoms with E-state index in [9.17, 15) is 9.00 Å². The van der Waals surface area contributed by atoms with Gasteiger partial charge in [0.2, 0.25) is 0 Å². The molecule has 0 aromatic carbocycles. The second-order valence-corrected chi connectivity index (χ2v) is 6.34. The van der Waals surface area contributed by atoms with Gasteiger partial charge in [-0.15, -0.1) is 0 Å². The third-order valence-corrected chi connectivity index (χ3v) is 4.60. The lowest BCUT2D eigenvalue weighted by Gasteiger charge is -2.01. The van der Waals surface area contributed by atoms with Crippen molar-refractivity contribution in [1.29, 1.82) is 0 Å². The van der Waals surface area contributed by atoms with E-state index in [2.05, 4.69) is 22.9 Å². The van der Waals surface area contributed by atoms with Gasteiger partial charge < -0.3 is 4.74 Å². The Labute approximate surface area is 108 Å². The molecule has 1 unspecified atom stereocenters. The zero-order valence-electron chi connectivity index (χ0n) is 9.83. The highest BCUT2D eigenvalue weighted by atomic mass is 79.9. The minimum absolute atomic E-state index is 0.177. The molecule has 0 saturated carbocycles. The summed E-state index contributed by atoms with van der Waals surface area (Å²) in [6, 6.07) is 0. The second kappa shape index (κ2) is 10.0. The lowest BCUT2D eigenvalue weighted by atomic mass is 10.2. The number of hydrogen-bond donors (Lipinski definition) is 0. The fraction of sp³-hybridized carbons (Fsp3) is 0.727. The zero-order chi connectivity index (χ0) is 12.4. The molecular formula is C11H19BrO3S. The molecule has 0 aromatic rings. The molecule has 0 aliphatic heterocycles. The fourth-order valence-corrected chi connectivity index (χ4v) is 2.61. The SMILES string of the molecule is CCCCCCS(=O)C(Br)=CCOC(C)=O. The van der Waals surface area contributed by atoms with Crippen LogP contribution < -0.4 is 0 Å². The van der Waals surface area contributed by atoms with E-state index in [1.807, 2.05) is 0 Å². The van der Waals surface area contributed by atoms with Gasteiger partial charge in [0, 0.05) is 12.7 Å². The molecule has 5 heteroatoms. The topological polar surface area (TPSA) is 43.4 Å². The van der Waals surface area contributed by atoms with E-state index in [1.165, 1.54) is 19.8 Å². The summed E-state index contributed by atoms with van der Waals surface area (Å²) in [7, 11) is -0.996. The van der Waals surface area contributed by atoms with Crippen LogP contribution in [0.2, 0.25) is 0 Å². The van der Waals surface area contributed by atoms with Crippen molar-refractivity contribution in [1.82, 2.24) is 0 Å². The summed E-state index contributed by atoms with van der Waals surface area (Å²) in [6.45, 7) is 3.67. The molecule has 0 rings (SSSR count). The van der Waals surface area contributed by atoms with Crippen LogP contribution in [0, 0.1) is 0 Å². The van der Waals surface area contributed by atoms with Crippen molar-refractivity contribution >= 4 is 32.7 Å². The summed E-state index contributed by atoms with van der Waals surface area (Å²) in [4.78, 5) is 10.5. The third kappa shape index (κ3) is 9.09. The van der Waals surface area contributed by atoms with Gasteiger partial charge in [0.25, 0.3) is 0 Å². The molecule has 0 heterocycles. The highest BCUT2D eigenvalue weighted by Crippen LogP contribution is 2.13. The van der Waals surface area contributed by atoms with Crippen LogP contribution in [0.1, 0.15) is 39.5 Å². The first kappa shape index (κ1) is 15.8. The van der Waals surface area contributed by atoms with E-state index in [-0.39, 0.29) is 12.6 Å². The molecule has 0 amide bonds. The number of rotatable bonds is 8. The number of esters is 1. The van der Waals surface area contributed by atoms with E-state index in [1.54, 1.807) is 6.08 Å². The van der Waals surface area contributed by atoms with E-state index < -0.39 is 10.8 Å². The Morgan fingerprint density at radius 2 is 2.06 bits per heavy atom. The number of ether oxygens (including phenoxy) is 1. The Bertz CT molecular complexity index is 264. The van der Waals surface area contributed by atoms with Gasteiger partial charge in [-0.05, 0) is 28.4 Å². The molecule has 0 fully saturated rings. The van der Waals surface area contributed by atoms with Crippen LogP contribution in [-0.4, -0.2) is 22.5 Å². The van der Waals surface area contributed by atoms with Gasteiger partial charge in [-0.25, -0.2) is 0 Å². The summed E-state index contributed by atoms with van der Waals surface area (Å²) in [5.74, 6) is 0.335. The van der Waals surface area contributed by atoms with Gasteiger partial charge in [0.15, 0.2) is 0 Å². The van der Waals surface area contributed by atoms with Gasteiger partial charge in [0.05, 0.1) is 14.6 Å². The molecule has 0 N–H and O–H groups in total. The maximum Gasteiger partial charge on any atom is 0.302 e. The molecule has 1 atom stereocenters. The Morgan fingerprint density at radius 3 is 2.62 bits per heavy atom. The van der Waals surface area contributed by atoms with E-state index >= 15 is 0 Å². The molecule has 0 spiro atoms. The number of hydrogen-bond acceptors (Lipinski definition) is 3. The minimum Gasteiger partial charge on any atom is -0.462 e. The molecule has 16 heavy (non-hydrogen) atoms. The third-order valence-electron chi connectivity index (χ3n) is 1.93. The number of carbonyl (C=O) groups is 1. The fourth-order valence-electron chi connectivity index (χ4n) is 1.07. The quantitative estimate of drug-likeness (QED) is 0.511. The van der Waals surface area contributed by atoms with Gasteiger partial charge >= 0.3 is 5.97 Å². The molecule has 0 radical (unpaired) electrons. The summed E-state index contributed by atoms with van der Waals surface area (Å²) in [5.41, 5.74) is 0. The lowest BCUT2D eigenvalue weighted by molar-refractivity contribution is -0.139.